The average molecular weight is 292 g/mol. The number of rotatable bonds is 9. The number of hydrogen-bond acceptors (Lipinski definition) is 2. The monoisotopic (exact) mass is 292 g/mol. The van der Waals surface area contributed by atoms with Gasteiger partial charge in [-0.1, -0.05) is 25.5 Å². The van der Waals surface area contributed by atoms with Gasteiger partial charge in [-0.2, -0.15) is 0 Å². The Morgan fingerprint density at radius 2 is 2.00 bits per heavy atom. The van der Waals surface area contributed by atoms with Crippen molar-refractivity contribution in [3.05, 3.63) is 35.6 Å². The summed E-state index contributed by atoms with van der Waals surface area (Å²) in [6, 6.07) is 7.28. The first-order valence-electron chi connectivity index (χ1n) is 8.36. The first-order chi connectivity index (χ1) is 10.2. The third-order valence-electron chi connectivity index (χ3n) is 4.51. The SMILES string of the molecule is CCCNC(CCN(C)CC1CCC1)c1ccc(F)cc1. The largest absolute Gasteiger partial charge is 0.310 e. The molecular formula is C18H29FN2. The van der Waals surface area contributed by atoms with E-state index in [1.54, 1.807) is 12.1 Å². The fourth-order valence-electron chi connectivity index (χ4n) is 2.96. The lowest BCUT2D eigenvalue weighted by molar-refractivity contribution is 0.199. The molecular weight excluding hydrogens is 263 g/mol. The van der Waals surface area contributed by atoms with E-state index in [1.165, 1.54) is 31.4 Å². The maximum atomic E-state index is 13.1. The van der Waals surface area contributed by atoms with E-state index in [4.69, 9.17) is 0 Å². The molecule has 0 radical (unpaired) electrons. The third kappa shape index (κ3) is 5.40. The van der Waals surface area contributed by atoms with Crippen LogP contribution in [0, 0.1) is 11.7 Å². The molecule has 1 aliphatic rings. The summed E-state index contributed by atoms with van der Waals surface area (Å²) < 4.78 is 13.1. The molecule has 0 spiro atoms. The Balaban J connectivity index is 1.84. The molecule has 0 heterocycles. The highest BCUT2D eigenvalue weighted by molar-refractivity contribution is 5.20. The van der Waals surface area contributed by atoms with Crippen LogP contribution < -0.4 is 5.32 Å². The highest BCUT2D eigenvalue weighted by Crippen LogP contribution is 2.27. The second-order valence-electron chi connectivity index (χ2n) is 6.41. The van der Waals surface area contributed by atoms with Crippen LogP contribution in [0.4, 0.5) is 4.39 Å². The molecule has 1 aromatic carbocycles. The average Bonchev–Trinajstić information content (AvgIpc) is 2.44. The van der Waals surface area contributed by atoms with Gasteiger partial charge in [-0.05, 0) is 69.4 Å². The summed E-state index contributed by atoms with van der Waals surface area (Å²) in [6.07, 6.45) is 6.42. The fourth-order valence-corrected chi connectivity index (χ4v) is 2.96. The van der Waals surface area contributed by atoms with Crippen molar-refractivity contribution in [2.45, 2.75) is 45.1 Å². The lowest BCUT2D eigenvalue weighted by Gasteiger charge is -2.31. The number of benzene rings is 1. The molecule has 1 atom stereocenters. The van der Waals surface area contributed by atoms with Gasteiger partial charge in [0.25, 0.3) is 0 Å². The first kappa shape index (κ1) is 16.4. The van der Waals surface area contributed by atoms with Crippen LogP contribution in [0.1, 0.15) is 50.6 Å². The highest BCUT2D eigenvalue weighted by Gasteiger charge is 2.19. The minimum atomic E-state index is -0.157. The molecule has 0 saturated heterocycles. The molecule has 0 amide bonds. The Kier molecular flexibility index (Phi) is 6.65. The van der Waals surface area contributed by atoms with E-state index in [1.807, 2.05) is 12.1 Å². The standard InChI is InChI=1S/C18H29FN2/c1-3-12-20-18(16-7-9-17(19)10-8-16)11-13-21(2)14-15-5-4-6-15/h7-10,15,18,20H,3-6,11-14H2,1-2H3. The molecule has 0 bridgehead atoms. The Morgan fingerprint density at radius 1 is 1.29 bits per heavy atom. The first-order valence-corrected chi connectivity index (χ1v) is 8.36. The lowest BCUT2D eigenvalue weighted by Crippen LogP contribution is -2.32. The van der Waals surface area contributed by atoms with E-state index in [-0.39, 0.29) is 5.82 Å². The van der Waals surface area contributed by atoms with Crippen molar-refractivity contribution in [2.24, 2.45) is 5.92 Å². The van der Waals surface area contributed by atoms with Crippen LogP contribution in [0.25, 0.3) is 0 Å². The number of hydrogen-bond donors (Lipinski definition) is 1. The van der Waals surface area contributed by atoms with Gasteiger partial charge in [-0.25, -0.2) is 4.39 Å². The van der Waals surface area contributed by atoms with Crippen molar-refractivity contribution in [3.8, 4) is 0 Å². The molecule has 1 saturated carbocycles. The topological polar surface area (TPSA) is 15.3 Å². The van der Waals surface area contributed by atoms with Crippen molar-refractivity contribution >= 4 is 0 Å². The Morgan fingerprint density at radius 3 is 2.57 bits per heavy atom. The van der Waals surface area contributed by atoms with Crippen molar-refractivity contribution < 1.29 is 4.39 Å². The number of halogens is 1. The summed E-state index contributed by atoms with van der Waals surface area (Å²) in [5.74, 6) is 0.762. The van der Waals surface area contributed by atoms with Gasteiger partial charge < -0.3 is 10.2 Å². The summed E-state index contributed by atoms with van der Waals surface area (Å²) >= 11 is 0. The number of nitrogens with one attached hydrogen (secondary N) is 1. The number of nitrogens with zero attached hydrogens (tertiary/aromatic N) is 1. The Bertz CT molecular complexity index is 400. The molecule has 118 valence electrons. The van der Waals surface area contributed by atoms with Gasteiger partial charge in [0.2, 0.25) is 0 Å². The van der Waals surface area contributed by atoms with Gasteiger partial charge in [0.15, 0.2) is 0 Å². The molecule has 2 rings (SSSR count). The van der Waals surface area contributed by atoms with Crippen LogP contribution in [0.3, 0.4) is 0 Å². The summed E-state index contributed by atoms with van der Waals surface area (Å²) in [7, 11) is 2.22. The maximum Gasteiger partial charge on any atom is 0.123 e. The van der Waals surface area contributed by atoms with Gasteiger partial charge in [0.05, 0.1) is 0 Å². The zero-order valence-electron chi connectivity index (χ0n) is 13.4. The van der Waals surface area contributed by atoms with Crippen LogP contribution in [-0.2, 0) is 0 Å². The summed E-state index contributed by atoms with van der Waals surface area (Å²) in [5.41, 5.74) is 1.20. The zero-order chi connectivity index (χ0) is 15.1. The smallest absolute Gasteiger partial charge is 0.123 e. The van der Waals surface area contributed by atoms with Crippen molar-refractivity contribution in [1.82, 2.24) is 10.2 Å². The van der Waals surface area contributed by atoms with Gasteiger partial charge in [-0.15, -0.1) is 0 Å². The second-order valence-corrected chi connectivity index (χ2v) is 6.41. The molecule has 1 unspecified atom stereocenters. The highest BCUT2D eigenvalue weighted by atomic mass is 19.1. The maximum absolute atomic E-state index is 13.1. The van der Waals surface area contributed by atoms with Gasteiger partial charge >= 0.3 is 0 Å². The lowest BCUT2D eigenvalue weighted by atomic mass is 9.85. The Labute approximate surface area is 128 Å². The van der Waals surface area contributed by atoms with E-state index < -0.39 is 0 Å². The quantitative estimate of drug-likeness (QED) is 0.740. The van der Waals surface area contributed by atoms with Crippen LogP contribution in [-0.4, -0.2) is 31.6 Å². The van der Waals surface area contributed by atoms with Crippen LogP contribution >= 0.6 is 0 Å². The van der Waals surface area contributed by atoms with Crippen molar-refractivity contribution in [3.63, 3.8) is 0 Å². The predicted molar refractivity (Wildman–Crippen MR) is 86.9 cm³/mol. The van der Waals surface area contributed by atoms with E-state index in [0.717, 1.165) is 31.8 Å². The van der Waals surface area contributed by atoms with Gasteiger partial charge in [-0.3, -0.25) is 0 Å². The van der Waals surface area contributed by atoms with Crippen molar-refractivity contribution in [1.29, 1.82) is 0 Å². The van der Waals surface area contributed by atoms with E-state index in [0.29, 0.717) is 6.04 Å². The predicted octanol–water partition coefficient (Wildman–Crippen LogP) is 3.99. The van der Waals surface area contributed by atoms with Crippen molar-refractivity contribution in [2.75, 3.05) is 26.7 Å². The van der Waals surface area contributed by atoms with Gasteiger partial charge in [0, 0.05) is 12.6 Å². The minimum Gasteiger partial charge on any atom is -0.310 e. The third-order valence-corrected chi connectivity index (χ3v) is 4.51. The summed E-state index contributed by atoms with van der Waals surface area (Å²) in [5, 5.41) is 3.59. The van der Waals surface area contributed by atoms with Crippen LogP contribution in [0.5, 0.6) is 0 Å². The summed E-state index contributed by atoms with van der Waals surface area (Å²) in [4.78, 5) is 2.45. The minimum absolute atomic E-state index is 0.157. The van der Waals surface area contributed by atoms with Gasteiger partial charge in [0.1, 0.15) is 5.82 Å². The van der Waals surface area contributed by atoms with Crippen LogP contribution in [0.15, 0.2) is 24.3 Å². The molecule has 1 aromatic rings. The summed E-state index contributed by atoms with van der Waals surface area (Å²) in [6.45, 7) is 5.50. The molecule has 3 heteroatoms. The molecule has 2 nitrogen and oxygen atoms in total. The molecule has 0 aromatic heterocycles. The Hall–Kier alpha value is -0.930. The van der Waals surface area contributed by atoms with E-state index in [9.17, 15) is 4.39 Å². The molecule has 21 heavy (non-hydrogen) atoms. The molecule has 0 aliphatic heterocycles. The van der Waals surface area contributed by atoms with E-state index in [2.05, 4.69) is 24.2 Å². The second kappa shape index (κ2) is 8.50. The molecule has 1 aliphatic carbocycles. The zero-order valence-corrected chi connectivity index (χ0v) is 13.4. The van der Waals surface area contributed by atoms with E-state index >= 15 is 0 Å². The van der Waals surface area contributed by atoms with Crippen LogP contribution in [0.2, 0.25) is 0 Å². The fraction of sp³-hybridized carbons (Fsp3) is 0.667. The molecule has 1 fully saturated rings. The molecule has 1 N–H and O–H groups in total. The normalized spacial score (nSPS) is 17.0.